The molecule has 0 amide bonds. The Balaban J connectivity index is 2.13. The van der Waals surface area contributed by atoms with Crippen LogP contribution in [-0.4, -0.2) is 36.8 Å². The van der Waals surface area contributed by atoms with Crippen molar-refractivity contribution in [3.05, 3.63) is 29.3 Å². The average molecular weight is 273 g/mol. The molecule has 20 heavy (non-hydrogen) atoms. The van der Waals surface area contributed by atoms with Gasteiger partial charge in [-0.1, -0.05) is 31.8 Å². The lowest BCUT2D eigenvalue weighted by Gasteiger charge is -2.16. The zero-order valence-electron chi connectivity index (χ0n) is 12.5. The van der Waals surface area contributed by atoms with E-state index in [1.807, 2.05) is 6.07 Å². The number of nitrogens with zero attached hydrogens (tertiary/aromatic N) is 1. The van der Waals surface area contributed by atoms with Gasteiger partial charge in [0.25, 0.3) is 0 Å². The molecule has 3 nitrogen and oxygen atoms in total. The average Bonchev–Trinajstić information content (AvgIpc) is 2.75. The van der Waals surface area contributed by atoms with Crippen molar-refractivity contribution >= 4 is 0 Å². The molecule has 0 spiro atoms. The predicted molar refractivity (Wildman–Crippen MR) is 80.6 cm³/mol. The van der Waals surface area contributed by atoms with E-state index < -0.39 is 0 Å². The van der Waals surface area contributed by atoms with Crippen LogP contribution in [0.5, 0.6) is 5.75 Å². The Bertz CT molecular complexity index is 505. The van der Waals surface area contributed by atoms with E-state index in [0.717, 1.165) is 42.8 Å². The van der Waals surface area contributed by atoms with Gasteiger partial charge in [0, 0.05) is 19.6 Å². The second kappa shape index (κ2) is 6.78. The number of aliphatic hydroxyl groups is 1. The predicted octanol–water partition coefficient (Wildman–Crippen LogP) is 2.13. The molecule has 2 unspecified atom stereocenters. The van der Waals surface area contributed by atoms with Crippen LogP contribution in [0, 0.1) is 23.7 Å². The molecule has 1 fully saturated rings. The Labute approximate surface area is 121 Å². The number of hydrogen-bond acceptors (Lipinski definition) is 3. The zero-order chi connectivity index (χ0) is 14.5. The molecule has 1 aliphatic rings. The third-order valence-electron chi connectivity index (χ3n) is 4.04. The van der Waals surface area contributed by atoms with E-state index in [1.54, 1.807) is 7.11 Å². The SMILES string of the molecule is COc1ccc(CN2CC(C)C(C)C2)cc1C#CCO. The van der Waals surface area contributed by atoms with Crippen LogP contribution in [0.4, 0.5) is 0 Å². The highest BCUT2D eigenvalue weighted by molar-refractivity contribution is 5.48. The van der Waals surface area contributed by atoms with E-state index in [2.05, 4.69) is 42.7 Å². The van der Waals surface area contributed by atoms with Crippen LogP contribution in [0.3, 0.4) is 0 Å². The third-order valence-corrected chi connectivity index (χ3v) is 4.04. The van der Waals surface area contributed by atoms with E-state index >= 15 is 0 Å². The molecule has 2 rings (SSSR count). The van der Waals surface area contributed by atoms with E-state index in [0.29, 0.717) is 0 Å². The normalized spacial score (nSPS) is 22.4. The minimum atomic E-state index is -0.130. The molecule has 2 atom stereocenters. The molecular formula is C17H23NO2. The first-order chi connectivity index (χ1) is 9.63. The first kappa shape index (κ1) is 14.9. The summed E-state index contributed by atoms with van der Waals surface area (Å²) in [5.74, 6) is 7.93. The summed E-state index contributed by atoms with van der Waals surface area (Å²) in [6, 6.07) is 6.12. The molecule has 1 aliphatic heterocycles. The van der Waals surface area contributed by atoms with Gasteiger partial charge >= 0.3 is 0 Å². The van der Waals surface area contributed by atoms with Crippen LogP contribution in [-0.2, 0) is 6.54 Å². The summed E-state index contributed by atoms with van der Waals surface area (Å²) in [7, 11) is 1.64. The van der Waals surface area contributed by atoms with Gasteiger partial charge in [0.1, 0.15) is 12.4 Å². The maximum Gasteiger partial charge on any atom is 0.134 e. The van der Waals surface area contributed by atoms with Crippen LogP contribution in [0.25, 0.3) is 0 Å². The van der Waals surface area contributed by atoms with Crippen molar-refractivity contribution in [2.24, 2.45) is 11.8 Å². The number of methoxy groups -OCH3 is 1. The van der Waals surface area contributed by atoms with Crippen molar-refractivity contribution < 1.29 is 9.84 Å². The zero-order valence-corrected chi connectivity index (χ0v) is 12.5. The number of benzene rings is 1. The van der Waals surface area contributed by atoms with Gasteiger partial charge in [-0.3, -0.25) is 4.90 Å². The quantitative estimate of drug-likeness (QED) is 0.856. The molecule has 0 aliphatic carbocycles. The molecule has 1 N–H and O–H groups in total. The van der Waals surface area contributed by atoms with E-state index in [1.165, 1.54) is 5.56 Å². The first-order valence-corrected chi connectivity index (χ1v) is 7.13. The third kappa shape index (κ3) is 3.53. The Morgan fingerprint density at radius 2 is 2.00 bits per heavy atom. The topological polar surface area (TPSA) is 32.7 Å². The molecule has 0 bridgehead atoms. The fraction of sp³-hybridized carbons (Fsp3) is 0.529. The summed E-state index contributed by atoms with van der Waals surface area (Å²) in [6.07, 6.45) is 0. The van der Waals surface area contributed by atoms with Gasteiger partial charge in [-0.2, -0.15) is 0 Å². The van der Waals surface area contributed by atoms with Gasteiger partial charge in [0.05, 0.1) is 12.7 Å². The maximum absolute atomic E-state index is 8.83. The van der Waals surface area contributed by atoms with Gasteiger partial charge in [-0.05, 0) is 29.5 Å². The van der Waals surface area contributed by atoms with Crippen molar-refractivity contribution in [3.8, 4) is 17.6 Å². The summed E-state index contributed by atoms with van der Waals surface area (Å²) >= 11 is 0. The van der Waals surface area contributed by atoms with Gasteiger partial charge < -0.3 is 9.84 Å². The van der Waals surface area contributed by atoms with Gasteiger partial charge in [-0.25, -0.2) is 0 Å². The van der Waals surface area contributed by atoms with Crippen molar-refractivity contribution in [2.45, 2.75) is 20.4 Å². The van der Waals surface area contributed by atoms with Gasteiger partial charge in [-0.15, -0.1) is 0 Å². The summed E-state index contributed by atoms with van der Waals surface area (Å²) < 4.78 is 5.30. The number of hydrogen-bond donors (Lipinski definition) is 1. The molecule has 3 heteroatoms. The number of likely N-dealkylation sites (tertiary alicyclic amines) is 1. The smallest absolute Gasteiger partial charge is 0.134 e. The lowest BCUT2D eigenvalue weighted by atomic mass is 10.0. The molecule has 1 heterocycles. The highest BCUT2D eigenvalue weighted by atomic mass is 16.5. The van der Waals surface area contributed by atoms with Crippen LogP contribution in [0.1, 0.15) is 25.0 Å². The number of rotatable bonds is 3. The fourth-order valence-corrected chi connectivity index (χ4v) is 2.72. The molecule has 0 saturated carbocycles. The Hall–Kier alpha value is -1.50. The molecule has 0 aromatic heterocycles. The van der Waals surface area contributed by atoms with Crippen LogP contribution < -0.4 is 4.74 Å². The minimum Gasteiger partial charge on any atom is -0.495 e. The lowest BCUT2D eigenvalue weighted by molar-refractivity contribution is 0.316. The fourth-order valence-electron chi connectivity index (χ4n) is 2.72. The molecule has 1 saturated heterocycles. The number of ether oxygens (including phenoxy) is 1. The Morgan fingerprint density at radius 3 is 2.60 bits per heavy atom. The van der Waals surface area contributed by atoms with Crippen LogP contribution >= 0.6 is 0 Å². The van der Waals surface area contributed by atoms with Crippen molar-refractivity contribution in [3.63, 3.8) is 0 Å². The largest absolute Gasteiger partial charge is 0.495 e. The molecule has 108 valence electrons. The molecule has 1 aromatic carbocycles. The number of aliphatic hydroxyl groups excluding tert-OH is 1. The second-order valence-corrected chi connectivity index (χ2v) is 5.64. The van der Waals surface area contributed by atoms with E-state index in [-0.39, 0.29) is 6.61 Å². The highest BCUT2D eigenvalue weighted by Crippen LogP contribution is 2.25. The van der Waals surface area contributed by atoms with Crippen molar-refractivity contribution in [2.75, 3.05) is 26.8 Å². The van der Waals surface area contributed by atoms with Crippen LogP contribution in [0.2, 0.25) is 0 Å². The summed E-state index contributed by atoms with van der Waals surface area (Å²) in [6.45, 7) is 7.77. The highest BCUT2D eigenvalue weighted by Gasteiger charge is 2.25. The second-order valence-electron chi connectivity index (χ2n) is 5.64. The standard InChI is InChI=1S/C17H23NO2/c1-13-10-18(11-14(13)2)12-15-6-7-17(20-3)16(9-15)5-4-8-19/h6-7,9,13-14,19H,8,10-12H2,1-3H3. The summed E-state index contributed by atoms with van der Waals surface area (Å²) in [5.41, 5.74) is 2.09. The maximum atomic E-state index is 8.83. The monoisotopic (exact) mass is 273 g/mol. The van der Waals surface area contributed by atoms with Crippen molar-refractivity contribution in [1.82, 2.24) is 4.90 Å². The molecule has 0 radical (unpaired) electrons. The van der Waals surface area contributed by atoms with E-state index in [9.17, 15) is 0 Å². The summed E-state index contributed by atoms with van der Waals surface area (Å²) in [5, 5.41) is 8.83. The Kier molecular flexibility index (Phi) is 5.05. The molecular weight excluding hydrogens is 250 g/mol. The van der Waals surface area contributed by atoms with Gasteiger partial charge in [0.2, 0.25) is 0 Å². The van der Waals surface area contributed by atoms with E-state index in [4.69, 9.17) is 9.84 Å². The van der Waals surface area contributed by atoms with Crippen LogP contribution in [0.15, 0.2) is 18.2 Å². The first-order valence-electron chi connectivity index (χ1n) is 7.13. The summed E-state index contributed by atoms with van der Waals surface area (Å²) in [4.78, 5) is 2.49. The minimum absolute atomic E-state index is 0.130. The van der Waals surface area contributed by atoms with Gasteiger partial charge in [0.15, 0.2) is 0 Å². The lowest BCUT2D eigenvalue weighted by Crippen LogP contribution is -2.20. The Morgan fingerprint density at radius 1 is 1.30 bits per heavy atom. The molecule has 1 aromatic rings. The van der Waals surface area contributed by atoms with Crippen molar-refractivity contribution in [1.29, 1.82) is 0 Å².